The van der Waals surface area contributed by atoms with Gasteiger partial charge in [0.1, 0.15) is 0 Å². The highest BCUT2D eigenvalue weighted by Crippen LogP contribution is 2.23. The molecule has 1 N–H and O–H groups in total. The fraction of sp³-hybridized carbons (Fsp3) is 0.500. The second-order valence-corrected chi connectivity index (χ2v) is 7.21. The van der Waals surface area contributed by atoms with E-state index in [4.69, 9.17) is 4.52 Å². The Labute approximate surface area is 143 Å². The largest absolute Gasteiger partial charge is 0.338 e. The van der Waals surface area contributed by atoms with Gasteiger partial charge in [-0.2, -0.15) is 4.98 Å². The fourth-order valence-corrected chi connectivity index (χ4v) is 2.10. The summed E-state index contributed by atoms with van der Waals surface area (Å²) in [6.07, 6.45) is 0. The quantitative estimate of drug-likeness (QED) is 0.910. The lowest BCUT2D eigenvalue weighted by Gasteiger charge is -2.21. The molecule has 0 radical (unpaired) electrons. The molecule has 130 valence electrons. The highest BCUT2D eigenvalue weighted by Gasteiger charge is 2.25. The third-order valence-electron chi connectivity index (χ3n) is 3.86. The van der Waals surface area contributed by atoms with Gasteiger partial charge in [-0.15, -0.1) is 0 Å². The minimum atomic E-state index is -0.164. The lowest BCUT2D eigenvalue weighted by atomic mass is 9.96. The normalized spacial score (nSPS) is 13.1. The van der Waals surface area contributed by atoms with Crippen LogP contribution >= 0.6 is 0 Å². The van der Waals surface area contributed by atoms with Crippen LogP contribution in [0, 0.1) is 6.92 Å². The molecule has 2 aromatic rings. The maximum absolute atomic E-state index is 12.2. The van der Waals surface area contributed by atoms with E-state index < -0.39 is 0 Å². The summed E-state index contributed by atoms with van der Waals surface area (Å²) in [7, 11) is 1.86. The van der Waals surface area contributed by atoms with E-state index in [1.54, 1.807) is 0 Å². The first kappa shape index (κ1) is 18.1. The Kier molecular flexibility index (Phi) is 5.39. The van der Waals surface area contributed by atoms with Crippen LogP contribution in [0.5, 0.6) is 0 Å². The van der Waals surface area contributed by atoms with Crippen LogP contribution in [0.25, 0.3) is 0 Å². The van der Waals surface area contributed by atoms with E-state index in [1.165, 1.54) is 0 Å². The van der Waals surface area contributed by atoms with E-state index in [0.29, 0.717) is 11.7 Å². The molecule has 2 rings (SSSR count). The van der Waals surface area contributed by atoms with Crippen molar-refractivity contribution >= 4 is 11.6 Å². The average molecular weight is 330 g/mol. The van der Waals surface area contributed by atoms with Gasteiger partial charge in [-0.3, -0.25) is 9.69 Å². The molecule has 0 fully saturated rings. The van der Waals surface area contributed by atoms with Gasteiger partial charge < -0.3 is 9.84 Å². The van der Waals surface area contributed by atoms with Gasteiger partial charge in [0.05, 0.1) is 12.6 Å². The molecule has 1 aromatic heterocycles. The Morgan fingerprint density at radius 1 is 1.29 bits per heavy atom. The number of rotatable bonds is 5. The van der Waals surface area contributed by atoms with Crippen LogP contribution in [0.1, 0.15) is 51.0 Å². The second kappa shape index (κ2) is 7.13. The molecule has 6 heteroatoms. The van der Waals surface area contributed by atoms with Crippen molar-refractivity contribution in [2.75, 3.05) is 18.9 Å². The van der Waals surface area contributed by atoms with Crippen molar-refractivity contribution in [3.63, 3.8) is 0 Å². The summed E-state index contributed by atoms with van der Waals surface area (Å²) >= 11 is 0. The summed E-state index contributed by atoms with van der Waals surface area (Å²) < 4.78 is 5.35. The molecular formula is C18H26N4O2. The number of nitrogens with one attached hydrogen (secondary N) is 1. The Bertz CT molecular complexity index is 686. The molecule has 0 spiro atoms. The molecule has 0 saturated heterocycles. The van der Waals surface area contributed by atoms with Gasteiger partial charge in [0.15, 0.2) is 5.82 Å². The van der Waals surface area contributed by atoms with Gasteiger partial charge in [0.25, 0.3) is 0 Å². The first-order valence-electron chi connectivity index (χ1n) is 8.07. The zero-order chi connectivity index (χ0) is 17.9. The highest BCUT2D eigenvalue weighted by atomic mass is 16.5. The smallest absolute Gasteiger partial charge is 0.243 e. The molecule has 1 amide bonds. The van der Waals surface area contributed by atoms with E-state index in [1.807, 2.05) is 70.8 Å². The highest BCUT2D eigenvalue weighted by molar-refractivity contribution is 5.92. The van der Waals surface area contributed by atoms with Gasteiger partial charge in [-0.1, -0.05) is 43.6 Å². The molecule has 6 nitrogen and oxygen atoms in total. The van der Waals surface area contributed by atoms with Crippen molar-refractivity contribution in [2.24, 2.45) is 0 Å². The van der Waals surface area contributed by atoms with E-state index in [2.05, 4.69) is 15.5 Å². The first-order valence-corrected chi connectivity index (χ1v) is 8.07. The Morgan fingerprint density at radius 2 is 1.92 bits per heavy atom. The predicted octanol–water partition coefficient (Wildman–Crippen LogP) is 3.31. The fourth-order valence-electron chi connectivity index (χ4n) is 2.10. The Hall–Kier alpha value is -2.21. The van der Waals surface area contributed by atoms with E-state index in [0.717, 1.165) is 11.3 Å². The standard InChI is InChI=1S/C18H26N4O2/c1-12-7-9-14(10-8-12)19-15(23)11-22(6)13(2)16-20-17(21-24-16)18(3,4)5/h7-10,13H,11H2,1-6H3,(H,19,23). The number of aryl methyl sites for hydroxylation is 1. The summed E-state index contributed by atoms with van der Waals surface area (Å²) in [6, 6.07) is 7.58. The molecule has 1 atom stereocenters. The minimum absolute atomic E-state index is 0.0798. The number of anilines is 1. The van der Waals surface area contributed by atoms with Gasteiger partial charge in [-0.25, -0.2) is 0 Å². The topological polar surface area (TPSA) is 71.3 Å². The Morgan fingerprint density at radius 3 is 2.46 bits per heavy atom. The molecule has 1 unspecified atom stereocenters. The van der Waals surface area contributed by atoms with E-state index in [-0.39, 0.29) is 23.9 Å². The molecular weight excluding hydrogens is 304 g/mol. The third-order valence-corrected chi connectivity index (χ3v) is 3.86. The lowest BCUT2D eigenvalue weighted by molar-refractivity contribution is -0.117. The monoisotopic (exact) mass is 330 g/mol. The minimum Gasteiger partial charge on any atom is -0.338 e. The Balaban J connectivity index is 1.95. The third kappa shape index (κ3) is 4.64. The van der Waals surface area contributed by atoms with Crippen LogP contribution in [0.3, 0.4) is 0 Å². The maximum atomic E-state index is 12.2. The molecule has 1 aromatic carbocycles. The van der Waals surface area contributed by atoms with Crippen LogP contribution in [-0.2, 0) is 10.2 Å². The van der Waals surface area contributed by atoms with Crippen molar-refractivity contribution in [1.82, 2.24) is 15.0 Å². The van der Waals surface area contributed by atoms with Crippen LogP contribution in [-0.4, -0.2) is 34.5 Å². The SMILES string of the molecule is Cc1ccc(NC(=O)CN(C)C(C)c2nc(C(C)(C)C)no2)cc1. The summed E-state index contributed by atoms with van der Waals surface area (Å²) in [5.74, 6) is 1.11. The number of amides is 1. The number of hydrogen-bond acceptors (Lipinski definition) is 5. The van der Waals surface area contributed by atoms with Gasteiger partial charge in [0, 0.05) is 11.1 Å². The van der Waals surface area contributed by atoms with Gasteiger partial charge in [0.2, 0.25) is 11.8 Å². The zero-order valence-electron chi connectivity index (χ0n) is 15.3. The molecule has 0 saturated carbocycles. The molecule has 0 bridgehead atoms. The van der Waals surface area contributed by atoms with Crippen LogP contribution in [0.2, 0.25) is 0 Å². The van der Waals surface area contributed by atoms with Gasteiger partial charge in [-0.05, 0) is 33.0 Å². The number of aromatic nitrogens is 2. The summed E-state index contributed by atoms with van der Waals surface area (Å²) in [5, 5.41) is 6.92. The van der Waals surface area contributed by atoms with Gasteiger partial charge >= 0.3 is 0 Å². The number of carbonyl (C=O) groups excluding carboxylic acids is 1. The predicted molar refractivity (Wildman–Crippen MR) is 93.9 cm³/mol. The summed E-state index contributed by atoms with van der Waals surface area (Å²) in [5.41, 5.74) is 1.78. The lowest BCUT2D eigenvalue weighted by Crippen LogP contribution is -2.32. The van der Waals surface area contributed by atoms with Crippen molar-refractivity contribution < 1.29 is 9.32 Å². The molecule has 0 aliphatic heterocycles. The molecule has 24 heavy (non-hydrogen) atoms. The van der Waals surface area contributed by atoms with Crippen molar-refractivity contribution in [3.05, 3.63) is 41.5 Å². The molecule has 1 heterocycles. The van der Waals surface area contributed by atoms with Crippen molar-refractivity contribution in [3.8, 4) is 0 Å². The van der Waals surface area contributed by atoms with E-state index >= 15 is 0 Å². The first-order chi connectivity index (χ1) is 11.2. The number of carbonyl (C=O) groups is 1. The number of likely N-dealkylation sites (N-methyl/N-ethyl adjacent to an activating group) is 1. The second-order valence-electron chi connectivity index (χ2n) is 7.21. The zero-order valence-corrected chi connectivity index (χ0v) is 15.3. The number of nitrogens with zero attached hydrogens (tertiary/aromatic N) is 3. The number of hydrogen-bond donors (Lipinski definition) is 1. The summed E-state index contributed by atoms with van der Waals surface area (Å²) in [6.45, 7) is 10.3. The van der Waals surface area contributed by atoms with E-state index in [9.17, 15) is 4.79 Å². The van der Waals surface area contributed by atoms with Crippen LogP contribution < -0.4 is 5.32 Å². The van der Waals surface area contributed by atoms with Crippen LogP contribution in [0.15, 0.2) is 28.8 Å². The molecule has 0 aliphatic carbocycles. The maximum Gasteiger partial charge on any atom is 0.243 e. The number of benzene rings is 1. The van der Waals surface area contributed by atoms with Crippen molar-refractivity contribution in [1.29, 1.82) is 0 Å². The van der Waals surface area contributed by atoms with Crippen LogP contribution in [0.4, 0.5) is 5.69 Å². The summed E-state index contributed by atoms with van der Waals surface area (Å²) in [4.78, 5) is 18.5. The van der Waals surface area contributed by atoms with Crippen molar-refractivity contribution in [2.45, 2.75) is 46.1 Å². The molecule has 0 aliphatic rings. The average Bonchev–Trinajstić information content (AvgIpc) is 2.98.